The molecular weight excluding hydrogens is 277 g/mol. The minimum Gasteiger partial charge on any atom is -0.305 e. The number of hydrogen-bond donors (Lipinski definition) is 1. The predicted molar refractivity (Wildman–Crippen MR) is 78.1 cm³/mol. The average Bonchev–Trinajstić information content (AvgIpc) is 2.38. The summed E-state index contributed by atoms with van der Waals surface area (Å²) in [4.78, 5) is 2.25. The second kappa shape index (κ2) is 6.79. The molecule has 2 nitrogen and oxygen atoms in total. The molecule has 0 saturated carbocycles. The lowest BCUT2D eigenvalue weighted by Gasteiger charge is -2.37. The molecule has 0 spiro atoms. The molecule has 0 radical (unpaired) electrons. The third-order valence-electron chi connectivity index (χ3n) is 3.98. The largest absolute Gasteiger partial charge is 0.401 e. The van der Waals surface area contributed by atoms with Gasteiger partial charge in [-0.1, -0.05) is 31.2 Å². The van der Waals surface area contributed by atoms with Crippen LogP contribution in [0, 0.1) is 12.8 Å². The van der Waals surface area contributed by atoms with Gasteiger partial charge in [0.2, 0.25) is 0 Å². The molecule has 1 N–H and O–H groups in total. The lowest BCUT2D eigenvalue weighted by molar-refractivity contribution is -0.127. The molecule has 1 fully saturated rings. The average molecular weight is 300 g/mol. The summed E-state index contributed by atoms with van der Waals surface area (Å²) in [6.45, 7) is 5.70. The Balaban J connectivity index is 1.93. The van der Waals surface area contributed by atoms with Crippen LogP contribution in [-0.2, 0) is 6.54 Å². The zero-order chi connectivity index (χ0) is 15.5. The van der Waals surface area contributed by atoms with E-state index >= 15 is 0 Å². The predicted octanol–water partition coefficient (Wildman–Crippen LogP) is 3.36. The fourth-order valence-corrected chi connectivity index (χ4v) is 3.03. The third kappa shape index (κ3) is 5.32. The van der Waals surface area contributed by atoms with Crippen molar-refractivity contribution in [3.8, 4) is 0 Å². The number of aryl methyl sites for hydroxylation is 1. The molecule has 2 unspecified atom stereocenters. The molecule has 1 aromatic rings. The number of halogens is 3. The second-order valence-electron chi connectivity index (χ2n) is 6.15. The van der Waals surface area contributed by atoms with E-state index in [1.54, 1.807) is 0 Å². The number of piperidine rings is 1. The first-order chi connectivity index (χ1) is 9.83. The normalized spacial score (nSPS) is 24.2. The fraction of sp³-hybridized carbons (Fsp3) is 0.625. The van der Waals surface area contributed by atoms with Crippen LogP contribution in [-0.4, -0.2) is 36.8 Å². The Morgan fingerprint density at radius 2 is 1.95 bits per heavy atom. The van der Waals surface area contributed by atoms with Crippen molar-refractivity contribution < 1.29 is 13.2 Å². The summed E-state index contributed by atoms with van der Waals surface area (Å²) in [7, 11) is 0. The van der Waals surface area contributed by atoms with Crippen molar-refractivity contribution in [3.63, 3.8) is 0 Å². The Kier molecular flexibility index (Phi) is 5.27. The molecule has 0 aromatic heterocycles. The van der Waals surface area contributed by atoms with Gasteiger partial charge < -0.3 is 5.32 Å². The molecule has 1 saturated heterocycles. The van der Waals surface area contributed by atoms with Crippen LogP contribution in [0.3, 0.4) is 0 Å². The highest BCUT2D eigenvalue weighted by molar-refractivity contribution is 5.25. The Labute approximate surface area is 124 Å². The third-order valence-corrected chi connectivity index (χ3v) is 3.98. The van der Waals surface area contributed by atoms with E-state index in [1.165, 1.54) is 11.1 Å². The second-order valence-corrected chi connectivity index (χ2v) is 6.15. The number of nitrogens with one attached hydrogen (secondary N) is 1. The highest BCUT2D eigenvalue weighted by Gasteiger charge is 2.31. The van der Waals surface area contributed by atoms with E-state index < -0.39 is 12.7 Å². The van der Waals surface area contributed by atoms with Crippen molar-refractivity contribution >= 4 is 0 Å². The minimum absolute atomic E-state index is 0.0839. The highest BCUT2D eigenvalue weighted by atomic mass is 19.4. The van der Waals surface area contributed by atoms with Gasteiger partial charge in [0.15, 0.2) is 0 Å². The summed E-state index contributed by atoms with van der Waals surface area (Å²) in [5.41, 5.74) is 2.48. The van der Waals surface area contributed by atoms with E-state index in [2.05, 4.69) is 36.2 Å². The van der Waals surface area contributed by atoms with Gasteiger partial charge in [-0.05, 0) is 30.4 Å². The summed E-state index contributed by atoms with van der Waals surface area (Å²) >= 11 is 0. The van der Waals surface area contributed by atoms with Crippen molar-refractivity contribution in [2.45, 2.75) is 39.0 Å². The Morgan fingerprint density at radius 3 is 2.62 bits per heavy atom. The number of hydrogen-bond acceptors (Lipinski definition) is 2. The summed E-state index contributed by atoms with van der Waals surface area (Å²) in [5.74, 6) is 0.411. The number of rotatable bonds is 4. The summed E-state index contributed by atoms with van der Waals surface area (Å²) in [5, 5.41) is 2.66. The number of nitrogens with zero attached hydrogens (tertiary/aromatic N) is 1. The van der Waals surface area contributed by atoms with Crippen LogP contribution in [0.5, 0.6) is 0 Å². The molecule has 1 aromatic carbocycles. The molecule has 1 heterocycles. The molecule has 0 aliphatic carbocycles. The summed E-state index contributed by atoms with van der Waals surface area (Å²) in [6, 6.07) is 8.09. The van der Waals surface area contributed by atoms with E-state index in [0.29, 0.717) is 12.5 Å². The van der Waals surface area contributed by atoms with Gasteiger partial charge >= 0.3 is 6.18 Å². The van der Waals surface area contributed by atoms with Crippen LogP contribution in [0.1, 0.15) is 24.5 Å². The van der Waals surface area contributed by atoms with Crippen LogP contribution < -0.4 is 5.32 Å². The highest BCUT2D eigenvalue weighted by Crippen LogP contribution is 2.21. The maximum atomic E-state index is 12.3. The van der Waals surface area contributed by atoms with Gasteiger partial charge in [0.1, 0.15) is 0 Å². The zero-order valence-electron chi connectivity index (χ0n) is 12.6. The minimum atomic E-state index is -4.14. The van der Waals surface area contributed by atoms with Crippen molar-refractivity contribution in [2.24, 2.45) is 5.92 Å². The van der Waals surface area contributed by atoms with Gasteiger partial charge in [0.25, 0.3) is 0 Å². The Hall–Kier alpha value is -1.07. The Bertz CT molecular complexity index is 459. The topological polar surface area (TPSA) is 15.3 Å². The molecule has 0 bridgehead atoms. The SMILES string of the molecule is Cc1ccccc1CN1CC(C)CC(NCC(F)(F)F)C1. The summed E-state index contributed by atoms with van der Waals surface area (Å²) in [6.07, 6.45) is -3.33. The van der Waals surface area contributed by atoms with Crippen LogP contribution in [0.25, 0.3) is 0 Å². The van der Waals surface area contributed by atoms with Gasteiger partial charge in [0, 0.05) is 25.7 Å². The van der Waals surface area contributed by atoms with Crippen molar-refractivity contribution in [2.75, 3.05) is 19.6 Å². The number of benzene rings is 1. The molecule has 2 rings (SSSR count). The van der Waals surface area contributed by atoms with Gasteiger partial charge in [-0.3, -0.25) is 4.90 Å². The molecule has 1 aliphatic rings. The van der Waals surface area contributed by atoms with Gasteiger partial charge in [0.05, 0.1) is 6.54 Å². The lowest BCUT2D eigenvalue weighted by Crippen LogP contribution is -2.50. The van der Waals surface area contributed by atoms with Crippen LogP contribution >= 0.6 is 0 Å². The number of likely N-dealkylation sites (tertiary alicyclic amines) is 1. The molecule has 5 heteroatoms. The van der Waals surface area contributed by atoms with E-state index in [-0.39, 0.29) is 6.04 Å². The Morgan fingerprint density at radius 1 is 1.24 bits per heavy atom. The monoisotopic (exact) mass is 300 g/mol. The molecule has 21 heavy (non-hydrogen) atoms. The first-order valence-electron chi connectivity index (χ1n) is 7.40. The summed E-state index contributed by atoms with van der Waals surface area (Å²) < 4.78 is 37.0. The van der Waals surface area contributed by atoms with Crippen LogP contribution in [0.2, 0.25) is 0 Å². The van der Waals surface area contributed by atoms with Gasteiger partial charge in [-0.25, -0.2) is 0 Å². The van der Waals surface area contributed by atoms with Crippen molar-refractivity contribution in [1.29, 1.82) is 0 Å². The van der Waals surface area contributed by atoms with Crippen LogP contribution in [0.4, 0.5) is 13.2 Å². The van der Waals surface area contributed by atoms with Crippen molar-refractivity contribution in [3.05, 3.63) is 35.4 Å². The maximum absolute atomic E-state index is 12.3. The molecular formula is C16H23F3N2. The van der Waals surface area contributed by atoms with Gasteiger partial charge in [-0.2, -0.15) is 13.2 Å². The first-order valence-corrected chi connectivity index (χ1v) is 7.40. The quantitative estimate of drug-likeness (QED) is 0.917. The van der Waals surface area contributed by atoms with E-state index in [0.717, 1.165) is 19.5 Å². The van der Waals surface area contributed by atoms with Crippen LogP contribution in [0.15, 0.2) is 24.3 Å². The standard InChI is InChI=1S/C16H23F3N2/c1-12-7-15(20-11-16(17,18)19)10-21(8-12)9-14-6-4-3-5-13(14)2/h3-6,12,15,20H,7-11H2,1-2H3. The van der Waals surface area contributed by atoms with Gasteiger partial charge in [-0.15, -0.1) is 0 Å². The smallest absolute Gasteiger partial charge is 0.305 e. The molecule has 2 atom stereocenters. The van der Waals surface area contributed by atoms with E-state index in [4.69, 9.17) is 0 Å². The maximum Gasteiger partial charge on any atom is 0.401 e. The van der Waals surface area contributed by atoms with E-state index in [9.17, 15) is 13.2 Å². The lowest BCUT2D eigenvalue weighted by atomic mass is 9.95. The molecule has 118 valence electrons. The first kappa shape index (κ1) is 16.3. The molecule has 1 aliphatic heterocycles. The zero-order valence-corrected chi connectivity index (χ0v) is 12.6. The number of alkyl halides is 3. The fourth-order valence-electron chi connectivity index (χ4n) is 3.03. The van der Waals surface area contributed by atoms with Crippen molar-refractivity contribution in [1.82, 2.24) is 10.2 Å². The van der Waals surface area contributed by atoms with E-state index in [1.807, 2.05) is 12.1 Å². The molecule has 0 amide bonds.